The minimum atomic E-state index is -0.970. The van der Waals surface area contributed by atoms with Crippen molar-refractivity contribution in [1.29, 1.82) is 0 Å². The normalized spacial score (nSPS) is 15.4. The second kappa shape index (κ2) is 10.2. The Hall–Kier alpha value is -2.55. The summed E-state index contributed by atoms with van der Waals surface area (Å²) >= 11 is 12.1. The van der Waals surface area contributed by atoms with E-state index in [0.717, 1.165) is 0 Å². The Kier molecular flexibility index (Phi) is 7.59. The number of halogens is 2. The van der Waals surface area contributed by atoms with Crippen LogP contribution in [0.25, 0.3) is 0 Å². The molecule has 0 radical (unpaired) electrons. The van der Waals surface area contributed by atoms with Crippen LogP contribution in [0.3, 0.4) is 0 Å². The number of pyridine rings is 1. The molecule has 2 N–H and O–H groups in total. The highest BCUT2D eigenvalue weighted by molar-refractivity contribution is 6.36. The summed E-state index contributed by atoms with van der Waals surface area (Å²) in [7, 11) is 1.52. The first kappa shape index (κ1) is 23.1. The molecule has 1 fully saturated rings. The highest BCUT2D eigenvalue weighted by Crippen LogP contribution is 2.39. The molecular weight excluding hydrogens is 445 g/mol. The molecule has 2 heterocycles. The SMILES string of the molecule is COCOc1cccnc1C1(CNC(=O)c2ccc(Cl)cc2Cl)CCN(C(=O)O)CC1. The van der Waals surface area contributed by atoms with Crippen LogP contribution in [0.1, 0.15) is 28.9 Å². The minimum Gasteiger partial charge on any atom is -0.466 e. The lowest BCUT2D eigenvalue weighted by atomic mass is 9.74. The van der Waals surface area contributed by atoms with Gasteiger partial charge in [0, 0.05) is 43.4 Å². The summed E-state index contributed by atoms with van der Waals surface area (Å²) in [6, 6.07) is 8.20. The largest absolute Gasteiger partial charge is 0.466 e. The van der Waals surface area contributed by atoms with Gasteiger partial charge >= 0.3 is 6.09 Å². The maximum absolute atomic E-state index is 12.8. The number of carbonyl (C=O) groups is 2. The molecule has 0 unspecified atom stereocenters. The Morgan fingerprint density at radius 3 is 2.65 bits per heavy atom. The lowest BCUT2D eigenvalue weighted by Crippen LogP contribution is -2.50. The lowest BCUT2D eigenvalue weighted by Gasteiger charge is -2.41. The predicted molar refractivity (Wildman–Crippen MR) is 116 cm³/mol. The molecule has 1 aliphatic rings. The molecule has 3 rings (SSSR count). The summed E-state index contributed by atoms with van der Waals surface area (Å²) in [5, 5.41) is 13.0. The molecule has 1 aliphatic heterocycles. The number of hydrogen-bond donors (Lipinski definition) is 2. The van der Waals surface area contributed by atoms with E-state index in [1.807, 2.05) is 0 Å². The first-order valence-electron chi connectivity index (χ1n) is 9.64. The van der Waals surface area contributed by atoms with Crippen molar-refractivity contribution in [3.05, 3.63) is 57.8 Å². The molecule has 2 amide bonds. The van der Waals surface area contributed by atoms with E-state index in [-0.39, 0.29) is 24.3 Å². The lowest BCUT2D eigenvalue weighted by molar-refractivity contribution is 0.0476. The molecule has 0 aliphatic carbocycles. The predicted octanol–water partition coefficient (Wildman–Crippen LogP) is 3.81. The molecule has 0 bridgehead atoms. The molecule has 166 valence electrons. The maximum atomic E-state index is 12.8. The van der Waals surface area contributed by atoms with Gasteiger partial charge in [0.15, 0.2) is 6.79 Å². The van der Waals surface area contributed by atoms with Gasteiger partial charge in [-0.2, -0.15) is 0 Å². The summed E-state index contributed by atoms with van der Waals surface area (Å²) in [5.41, 5.74) is 0.339. The Morgan fingerprint density at radius 2 is 2.00 bits per heavy atom. The summed E-state index contributed by atoms with van der Waals surface area (Å²) < 4.78 is 10.7. The van der Waals surface area contributed by atoms with Gasteiger partial charge in [-0.1, -0.05) is 23.2 Å². The van der Waals surface area contributed by atoms with Crippen LogP contribution in [0.15, 0.2) is 36.5 Å². The number of aromatic nitrogens is 1. The van der Waals surface area contributed by atoms with Crippen molar-refractivity contribution in [2.45, 2.75) is 18.3 Å². The Labute approximate surface area is 190 Å². The Balaban J connectivity index is 1.87. The molecule has 8 nitrogen and oxygen atoms in total. The van der Waals surface area contributed by atoms with E-state index >= 15 is 0 Å². The van der Waals surface area contributed by atoms with Crippen LogP contribution in [-0.2, 0) is 10.2 Å². The van der Waals surface area contributed by atoms with Crippen molar-refractivity contribution < 1.29 is 24.2 Å². The maximum Gasteiger partial charge on any atom is 0.407 e. The van der Waals surface area contributed by atoms with Crippen LogP contribution in [0, 0.1) is 0 Å². The van der Waals surface area contributed by atoms with E-state index in [9.17, 15) is 14.7 Å². The zero-order valence-electron chi connectivity index (χ0n) is 16.9. The van der Waals surface area contributed by atoms with Crippen LogP contribution in [0.4, 0.5) is 4.79 Å². The number of methoxy groups -OCH3 is 1. The molecular formula is C21H23Cl2N3O5. The standard InChI is InChI=1S/C21H23Cl2N3O5/c1-30-13-31-17-3-2-8-24-18(17)21(6-9-26(10-7-21)20(28)29)12-25-19(27)15-5-4-14(22)11-16(15)23/h2-5,8,11H,6-7,9-10,12-13H2,1H3,(H,25,27)(H,28,29). The molecule has 1 aromatic heterocycles. The van der Waals surface area contributed by atoms with Crippen LogP contribution < -0.4 is 10.1 Å². The van der Waals surface area contributed by atoms with E-state index in [4.69, 9.17) is 32.7 Å². The fourth-order valence-electron chi connectivity index (χ4n) is 3.67. The van der Waals surface area contributed by atoms with Crippen LogP contribution in [0.5, 0.6) is 5.75 Å². The molecule has 0 spiro atoms. The summed E-state index contributed by atoms with van der Waals surface area (Å²) in [5.74, 6) is 0.184. The smallest absolute Gasteiger partial charge is 0.407 e. The number of carboxylic acid groups (broad SMARTS) is 1. The summed E-state index contributed by atoms with van der Waals surface area (Å²) in [4.78, 5) is 30.1. The third-order valence-corrected chi connectivity index (χ3v) is 5.91. The highest BCUT2D eigenvalue weighted by atomic mass is 35.5. The molecule has 1 saturated heterocycles. The molecule has 31 heavy (non-hydrogen) atoms. The number of hydrogen-bond acceptors (Lipinski definition) is 5. The van der Waals surface area contributed by atoms with E-state index in [1.165, 1.54) is 18.1 Å². The average Bonchev–Trinajstić information content (AvgIpc) is 2.76. The number of piperidine rings is 1. The van der Waals surface area contributed by atoms with Crippen LogP contribution >= 0.6 is 23.2 Å². The zero-order chi connectivity index (χ0) is 22.4. The average molecular weight is 468 g/mol. The van der Waals surface area contributed by atoms with E-state index in [0.29, 0.717) is 48.0 Å². The van der Waals surface area contributed by atoms with Crippen molar-refractivity contribution in [3.63, 3.8) is 0 Å². The number of nitrogens with one attached hydrogen (secondary N) is 1. The van der Waals surface area contributed by atoms with Crippen molar-refractivity contribution in [1.82, 2.24) is 15.2 Å². The van der Waals surface area contributed by atoms with Crippen LogP contribution in [-0.4, -0.2) is 60.5 Å². The van der Waals surface area contributed by atoms with Crippen molar-refractivity contribution >= 4 is 35.2 Å². The highest BCUT2D eigenvalue weighted by Gasteiger charge is 2.41. The molecule has 2 aromatic rings. The third-order valence-electron chi connectivity index (χ3n) is 5.36. The monoisotopic (exact) mass is 467 g/mol. The number of benzene rings is 1. The van der Waals surface area contributed by atoms with Gasteiger partial charge in [-0.25, -0.2) is 4.79 Å². The fraction of sp³-hybridized carbons (Fsp3) is 0.381. The number of nitrogens with zero attached hydrogens (tertiary/aromatic N) is 2. The van der Waals surface area contributed by atoms with Gasteiger partial charge in [-0.3, -0.25) is 9.78 Å². The van der Waals surface area contributed by atoms with E-state index < -0.39 is 11.5 Å². The van der Waals surface area contributed by atoms with Gasteiger partial charge in [-0.15, -0.1) is 0 Å². The molecule has 1 aromatic carbocycles. The number of rotatable bonds is 7. The molecule has 0 saturated carbocycles. The first-order chi connectivity index (χ1) is 14.9. The van der Waals surface area contributed by atoms with Gasteiger partial charge in [-0.05, 0) is 43.2 Å². The van der Waals surface area contributed by atoms with Gasteiger partial charge in [0.1, 0.15) is 5.75 Å². The number of carbonyl (C=O) groups excluding carboxylic acids is 1. The number of likely N-dealkylation sites (tertiary alicyclic amines) is 1. The molecule has 10 heteroatoms. The van der Waals surface area contributed by atoms with Crippen molar-refractivity contribution in [2.24, 2.45) is 0 Å². The quantitative estimate of drug-likeness (QED) is 0.600. The van der Waals surface area contributed by atoms with E-state index in [1.54, 1.807) is 30.5 Å². The first-order valence-corrected chi connectivity index (χ1v) is 10.4. The number of ether oxygens (including phenoxy) is 2. The van der Waals surface area contributed by atoms with Crippen molar-refractivity contribution in [2.75, 3.05) is 33.5 Å². The molecule has 0 atom stereocenters. The van der Waals surface area contributed by atoms with Gasteiger partial charge in [0.25, 0.3) is 5.91 Å². The second-order valence-corrected chi connectivity index (χ2v) is 8.10. The topological polar surface area (TPSA) is 101 Å². The van der Waals surface area contributed by atoms with Gasteiger partial charge in [0.05, 0.1) is 16.3 Å². The second-order valence-electron chi connectivity index (χ2n) is 7.26. The van der Waals surface area contributed by atoms with Crippen molar-refractivity contribution in [3.8, 4) is 5.75 Å². The fourth-order valence-corrected chi connectivity index (χ4v) is 4.16. The van der Waals surface area contributed by atoms with Crippen LogP contribution in [0.2, 0.25) is 10.0 Å². The van der Waals surface area contributed by atoms with Gasteiger partial charge in [0.2, 0.25) is 0 Å². The van der Waals surface area contributed by atoms with Gasteiger partial charge < -0.3 is 24.8 Å². The Bertz CT molecular complexity index is 948. The third kappa shape index (κ3) is 5.39. The minimum absolute atomic E-state index is 0.0444. The summed E-state index contributed by atoms with van der Waals surface area (Å²) in [6.45, 7) is 0.905. The zero-order valence-corrected chi connectivity index (χ0v) is 18.4. The number of amides is 2. The Morgan fingerprint density at radius 1 is 1.26 bits per heavy atom. The van der Waals surface area contributed by atoms with E-state index in [2.05, 4.69) is 10.3 Å². The summed E-state index contributed by atoms with van der Waals surface area (Å²) in [6.07, 6.45) is 1.61.